The molecule has 32 heavy (non-hydrogen) atoms. The first-order chi connectivity index (χ1) is 15.7. The second-order valence-electron chi connectivity index (χ2n) is 8.07. The van der Waals surface area contributed by atoms with Crippen LogP contribution in [0.1, 0.15) is 29.1 Å². The standard InChI is InChI=1S/C23H25ClN4O2S2/c24-15-4-3-5-16(12-15)25-20(29)14-31-22-21-17-6-1-2-7-18(17)32-23(21)27-19(26-22)13-28-8-10-30-11-9-28/h3-5,12H,1-2,6-11,13-14H2,(H,25,29). The summed E-state index contributed by atoms with van der Waals surface area (Å²) >= 11 is 9.34. The molecule has 2 aromatic heterocycles. The molecule has 2 aliphatic rings. The molecule has 3 aromatic rings. The fraction of sp³-hybridized carbons (Fsp3) is 0.435. The Balaban J connectivity index is 1.39. The third kappa shape index (κ3) is 5.10. The summed E-state index contributed by atoms with van der Waals surface area (Å²) < 4.78 is 5.47. The van der Waals surface area contributed by atoms with Crippen molar-refractivity contribution >= 4 is 56.5 Å². The van der Waals surface area contributed by atoms with E-state index in [2.05, 4.69) is 10.2 Å². The van der Waals surface area contributed by atoms with Crippen LogP contribution < -0.4 is 5.32 Å². The van der Waals surface area contributed by atoms with Crippen LogP contribution in [0.2, 0.25) is 5.02 Å². The number of nitrogens with one attached hydrogen (secondary N) is 1. The van der Waals surface area contributed by atoms with E-state index in [1.54, 1.807) is 23.5 Å². The van der Waals surface area contributed by atoms with Gasteiger partial charge in [-0.2, -0.15) is 0 Å². The average Bonchev–Trinajstić information content (AvgIpc) is 3.17. The number of carbonyl (C=O) groups is 1. The van der Waals surface area contributed by atoms with Gasteiger partial charge in [-0.3, -0.25) is 9.69 Å². The Morgan fingerprint density at radius 1 is 1.22 bits per heavy atom. The van der Waals surface area contributed by atoms with Crippen molar-refractivity contribution in [2.24, 2.45) is 0 Å². The maximum absolute atomic E-state index is 12.6. The molecule has 168 valence electrons. The number of morpholine rings is 1. The molecule has 0 saturated carbocycles. The molecular weight excluding hydrogens is 464 g/mol. The van der Waals surface area contributed by atoms with Gasteiger partial charge in [0.25, 0.3) is 0 Å². The van der Waals surface area contributed by atoms with Gasteiger partial charge < -0.3 is 10.1 Å². The van der Waals surface area contributed by atoms with Gasteiger partial charge in [-0.1, -0.05) is 29.4 Å². The Morgan fingerprint density at radius 2 is 2.06 bits per heavy atom. The zero-order valence-electron chi connectivity index (χ0n) is 17.7. The van der Waals surface area contributed by atoms with Crippen LogP contribution in [0.5, 0.6) is 0 Å². The van der Waals surface area contributed by atoms with Crippen LogP contribution >= 0.6 is 34.7 Å². The minimum Gasteiger partial charge on any atom is -0.379 e. The summed E-state index contributed by atoms with van der Waals surface area (Å²) in [6.45, 7) is 4.01. The van der Waals surface area contributed by atoms with Crippen molar-refractivity contribution in [3.63, 3.8) is 0 Å². The monoisotopic (exact) mass is 488 g/mol. The van der Waals surface area contributed by atoms with Crippen LogP contribution in [0.4, 0.5) is 5.69 Å². The smallest absolute Gasteiger partial charge is 0.234 e. The number of amides is 1. The summed E-state index contributed by atoms with van der Waals surface area (Å²) in [5.74, 6) is 1.05. The Bertz CT molecular complexity index is 1130. The predicted octanol–water partition coefficient (Wildman–Crippen LogP) is 4.79. The topological polar surface area (TPSA) is 67.4 Å². The average molecular weight is 489 g/mol. The maximum Gasteiger partial charge on any atom is 0.234 e. The lowest BCUT2D eigenvalue weighted by atomic mass is 9.97. The largest absolute Gasteiger partial charge is 0.379 e. The van der Waals surface area contributed by atoms with E-state index in [0.29, 0.717) is 23.0 Å². The molecule has 1 fully saturated rings. The molecule has 5 rings (SSSR count). The quantitative estimate of drug-likeness (QED) is 0.397. The third-order valence-electron chi connectivity index (χ3n) is 5.74. The van der Waals surface area contributed by atoms with E-state index in [0.717, 1.165) is 60.2 Å². The van der Waals surface area contributed by atoms with Crippen molar-refractivity contribution in [3.05, 3.63) is 45.6 Å². The molecule has 9 heteroatoms. The van der Waals surface area contributed by atoms with Gasteiger partial charge in [0.05, 0.1) is 25.5 Å². The number of benzene rings is 1. The van der Waals surface area contributed by atoms with E-state index in [-0.39, 0.29) is 5.91 Å². The first kappa shape index (κ1) is 22.1. The molecule has 1 aliphatic carbocycles. The van der Waals surface area contributed by atoms with Gasteiger partial charge >= 0.3 is 0 Å². The van der Waals surface area contributed by atoms with Crippen molar-refractivity contribution < 1.29 is 9.53 Å². The summed E-state index contributed by atoms with van der Waals surface area (Å²) in [6, 6.07) is 7.21. The second kappa shape index (κ2) is 10.1. The van der Waals surface area contributed by atoms with Crippen molar-refractivity contribution in [1.82, 2.24) is 14.9 Å². The third-order valence-corrected chi connectivity index (χ3v) is 8.14. The van der Waals surface area contributed by atoms with Crippen LogP contribution in [-0.4, -0.2) is 52.8 Å². The van der Waals surface area contributed by atoms with E-state index < -0.39 is 0 Å². The predicted molar refractivity (Wildman–Crippen MR) is 131 cm³/mol. The van der Waals surface area contributed by atoms with Crippen LogP contribution in [-0.2, 0) is 28.9 Å². The minimum absolute atomic E-state index is 0.0668. The Morgan fingerprint density at radius 3 is 2.91 bits per heavy atom. The lowest BCUT2D eigenvalue weighted by molar-refractivity contribution is -0.113. The van der Waals surface area contributed by atoms with Crippen molar-refractivity contribution in [2.45, 2.75) is 37.3 Å². The zero-order chi connectivity index (χ0) is 21.9. The molecule has 0 atom stereocenters. The molecule has 1 N–H and O–H groups in total. The highest BCUT2D eigenvalue weighted by atomic mass is 35.5. The van der Waals surface area contributed by atoms with Gasteiger partial charge in [0, 0.05) is 34.1 Å². The van der Waals surface area contributed by atoms with Crippen LogP contribution in [0.25, 0.3) is 10.2 Å². The Labute approximate surface area is 200 Å². The Kier molecular flexibility index (Phi) is 6.94. The van der Waals surface area contributed by atoms with E-state index in [9.17, 15) is 4.79 Å². The van der Waals surface area contributed by atoms with E-state index in [1.165, 1.54) is 35.0 Å². The Hall–Kier alpha value is -1.71. The molecule has 0 spiro atoms. The van der Waals surface area contributed by atoms with E-state index in [4.69, 9.17) is 26.3 Å². The van der Waals surface area contributed by atoms with Crippen molar-refractivity contribution in [3.8, 4) is 0 Å². The fourth-order valence-corrected chi connectivity index (χ4v) is 6.61. The van der Waals surface area contributed by atoms with Gasteiger partial charge in [0.1, 0.15) is 15.7 Å². The number of nitrogens with zero attached hydrogens (tertiary/aromatic N) is 3. The van der Waals surface area contributed by atoms with Gasteiger partial charge in [0.15, 0.2) is 0 Å². The number of hydrogen-bond donors (Lipinski definition) is 1. The van der Waals surface area contributed by atoms with Gasteiger partial charge in [-0.25, -0.2) is 9.97 Å². The second-order valence-corrected chi connectivity index (χ2v) is 10.6. The minimum atomic E-state index is -0.0668. The summed E-state index contributed by atoms with van der Waals surface area (Å²) in [6.07, 6.45) is 4.63. The first-order valence-corrected chi connectivity index (χ1v) is 13.1. The van der Waals surface area contributed by atoms with Gasteiger partial charge in [-0.15, -0.1) is 11.3 Å². The van der Waals surface area contributed by atoms with E-state index >= 15 is 0 Å². The molecule has 1 amide bonds. The molecule has 3 heterocycles. The lowest BCUT2D eigenvalue weighted by Crippen LogP contribution is -2.36. The molecule has 0 radical (unpaired) electrons. The molecule has 0 bridgehead atoms. The van der Waals surface area contributed by atoms with Gasteiger partial charge in [0.2, 0.25) is 5.91 Å². The number of rotatable bonds is 6. The maximum atomic E-state index is 12.6. The fourth-order valence-electron chi connectivity index (χ4n) is 4.20. The number of ether oxygens (including phenoxy) is 1. The zero-order valence-corrected chi connectivity index (χ0v) is 20.1. The number of aryl methyl sites for hydroxylation is 2. The summed E-state index contributed by atoms with van der Waals surface area (Å²) in [4.78, 5) is 27.3. The molecule has 6 nitrogen and oxygen atoms in total. The summed E-state index contributed by atoms with van der Waals surface area (Å²) in [5, 5.41) is 5.63. The molecule has 1 aromatic carbocycles. The first-order valence-electron chi connectivity index (χ1n) is 11.0. The number of carbonyl (C=O) groups excluding carboxylic acids is 1. The molecule has 1 saturated heterocycles. The highest BCUT2D eigenvalue weighted by molar-refractivity contribution is 8.00. The number of thioether (sulfide) groups is 1. The van der Waals surface area contributed by atoms with E-state index in [1.807, 2.05) is 12.1 Å². The highest BCUT2D eigenvalue weighted by Crippen LogP contribution is 2.39. The van der Waals surface area contributed by atoms with Crippen molar-refractivity contribution in [1.29, 1.82) is 0 Å². The SMILES string of the molecule is O=C(CSc1nc(CN2CCOCC2)nc2sc3c(c12)CCCC3)Nc1cccc(Cl)c1. The summed E-state index contributed by atoms with van der Waals surface area (Å²) in [7, 11) is 0. The van der Waals surface area contributed by atoms with Crippen LogP contribution in [0, 0.1) is 0 Å². The van der Waals surface area contributed by atoms with Gasteiger partial charge in [-0.05, 0) is 49.4 Å². The number of thiophene rings is 1. The molecule has 0 unspecified atom stereocenters. The molecule has 1 aliphatic heterocycles. The lowest BCUT2D eigenvalue weighted by Gasteiger charge is -2.25. The van der Waals surface area contributed by atoms with Crippen LogP contribution in [0.3, 0.4) is 0 Å². The number of anilines is 1. The number of hydrogen-bond acceptors (Lipinski definition) is 7. The normalized spacial score (nSPS) is 16.8. The number of fused-ring (bicyclic) bond motifs is 3. The molecular formula is C23H25ClN4O2S2. The summed E-state index contributed by atoms with van der Waals surface area (Å²) in [5.41, 5.74) is 2.10. The highest BCUT2D eigenvalue weighted by Gasteiger charge is 2.23. The number of aromatic nitrogens is 2. The van der Waals surface area contributed by atoms with Crippen molar-refractivity contribution in [2.75, 3.05) is 37.4 Å². The number of halogens is 1. The van der Waals surface area contributed by atoms with Crippen LogP contribution in [0.15, 0.2) is 29.3 Å².